The number of rotatable bonds is 5. The SMILES string of the molecule is COc1ccc(C(=O)C=CSc2c(Cl)cccc2Cl)cc1. The molecule has 0 atom stereocenters. The highest BCUT2D eigenvalue weighted by molar-refractivity contribution is 8.02. The third-order valence-electron chi connectivity index (χ3n) is 2.70. The van der Waals surface area contributed by atoms with E-state index in [1.54, 1.807) is 55.0 Å². The minimum atomic E-state index is -0.0895. The molecule has 2 nitrogen and oxygen atoms in total. The van der Waals surface area contributed by atoms with Crippen molar-refractivity contribution in [3.8, 4) is 5.75 Å². The highest BCUT2D eigenvalue weighted by Gasteiger charge is 2.05. The lowest BCUT2D eigenvalue weighted by Crippen LogP contribution is -1.93. The molecule has 0 saturated carbocycles. The normalized spacial score (nSPS) is 10.8. The molecule has 0 aliphatic heterocycles. The fourth-order valence-electron chi connectivity index (χ4n) is 1.61. The fourth-order valence-corrected chi connectivity index (χ4v) is 2.96. The summed E-state index contributed by atoms with van der Waals surface area (Å²) in [5, 5.41) is 2.81. The van der Waals surface area contributed by atoms with E-state index in [1.807, 2.05) is 0 Å². The second kappa shape index (κ2) is 7.55. The minimum Gasteiger partial charge on any atom is -0.497 e. The summed E-state index contributed by atoms with van der Waals surface area (Å²) in [7, 11) is 1.58. The molecule has 2 rings (SSSR count). The van der Waals surface area contributed by atoms with E-state index in [0.717, 1.165) is 4.90 Å². The first kappa shape index (κ1) is 16.0. The van der Waals surface area contributed by atoms with Gasteiger partial charge >= 0.3 is 0 Å². The second-order valence-corrected chi connectivity index (χ2v) is 5.79. The lowest BCUT2D eigenvalue weighted by atomic mass is 10.1. The van der Waals surface area contributed by atoms with Crippen molar-refractivity contribution in [2.24, 2.45) is 0 Å². The molecule has 0 aliphatic carbocycles. The number of allylic oxidation sites excluding steroid dienone is 1. The average molecular weight is 339 g/mol. The minimum absolute atomic E-state index is 0.0895. The molecule has 5 heteroatoms. The summed E-state index contributed by atoms with van der Waals surface area (Å²) in [5.74, 6) is 0.626. The highest BCUT2D eigenvalue weighted by Crippen LogP contribution is 2.34. The maximum Gasteiger partial charge on any atom is 0.186 e. The van der Waals surface area contributed by atoms with Crippen molar-refractivity contribution in [2.75, 3.05) is 7.11 Å². The van der Waals surface area contributed by atoms with Crippen LogP contribution in [-0.2, 0) is 0 Å². The molecule has 2 aromatic rings. The number of carbonyl (C=O) groups excluding carboxylic acids is 1. The summed E-state index contributed by atoms with van der Waals surface area (Å²) >= 11 is 13.4. The molecule has 0 radical (unpaired) electrons. The largest absolute Gasteiger partial charge is 0.497 e. The van der Waals surface area contributed by atoms with Crippen molar-refractivity contribution in [3.63, 3.8) is 0 Å². The van der Waals surface area contributed by atoms with Crippen LogP contribution in [0.1, 0.15) is 10.4 Å². The van der Waals surface area contributed by atoms with E-state index >= 15 is 0 Å². The third-order valence-corrected chi connectivity index (χ3v) is 4.50. The van der Waals surface area contributed by atoms with Crippen LogP contribution < -0.4 is 4.74 Å². The predicted molar refractivity (Wildman–Crippen MR) is 88.8 cm³/mol. The van der Waals surface area contributed by atoms with Crippen LogP contribution in [0.5, 0.6) is 5.75 Å². The lowest BCUT2D eigenvalue weighted by molar-refractivity contribution is 0.104. The van der Waals surface area contributed by atoms with Gasteiger partial charge in [-0.15, -0.1) is 0 Å². The maximum atomic E-state index is 12.0. The second-order valence-electron chi connectivity index (χ2n) is 4.06. The van der Waals surface area contributed by atoms with Crippen LogP contribution in [0.4, 0.5) is 0 Å². The quantitative estimate of drug-likeness (QED) is 0.409. The molecule has 0 aliphatic rings. The number of halogens is 2. The molecule has 21 heavy (non-hydrogen) atoms. The molecule has 0 aromatic heterocycles. The van der Waals surface area contributed by atoms with Crippen LogP contribution in [0.2, 0.25) is 10.0 Å². The molecule has 0 heterocycles. The summed E-state index contributed by atoms with van der Waals surface area (Å²) in [6.45, 7) is 0. The van der Waals surface area contributed by atoms with Crippen LogP contribution in [0, 0.1) is 0 Å². The summed E-state index contributed by atoms with van der Waals surface area (Å²) in [4.78, 5) is 12.7. The fraction of sp³-hybridized carbons (Fsp3) is 0.0625. The van der Waals surface area contributed by atoms with E-state index in [9.17, 15) is 4.79 Å². The van der Waals surface area contributed by atoms with E-state index in [2.05, 4.69) is 0 Å². The Morgan fingerprint density at radius 2 is 1.71 bits per heavy atom. The molecule has 108 valence electrons. The van der Waals surface area contributed by atoms with Crippen molar-refractivity contribution in [3.05, 3.63) is 69.6 Å². The van der Waals surface area contributed by atoms with E-state index in [-0.39, 0.29) is 5.78 Å². The van der Waals surface area contributed by atoms with Gasteiger partial charge in [0.25, 0.3) is 0 Å². The number of benzene rings is 2. The van der Waals surface area contributed by atoms with E-state index in [0.29, 0.717) is 21.4 Å². The third kappa shape index (κ3) is 4.27. The standard InChI is InChI=1S/C16H12Cl2O2S/c1-20-12-7-5-11(6-8-12)15(19)9-10-21-16-13(17)3-2-4-14(16)18/h2-10H,1H3. The first-order valence-corrected chi connectivity index (χ1v) is 7.71. The number of carbonyl (C=O) groups is 1. The molecule has 0 amide bonds. The Morgan fingerprint density at radius 3 is 2.29 bits per heavy atom. The summed E-state index contributed by atoms with van der Waals surface area (Å²) in [5.41, 5.74) is 0.595. The zero-order valence-corrected chi connectivity index (χ0v) is 13.5. The zero-order valence-electron chi connectivity index (χ0n) is 11.2. The van der Waals surface area contributed by atoms with Crippen LogP contribution in [-0.4, -0.2) is 12.9 Å². The summed E-state index contributed by atoms with van der Waals surface area (Å²) in [6, 6.07) is 12.2. The molecule has 0 bridgehead atoms. The van der Waals surface area contributed by atoms with Crippen molar-refractivity contribution < 1.29 is 9.53 Å². The molecule has 2 aromatic carbocycles. The van der Waals surface area contributed by atoms with Gasteiger partial charge in [0.2, 0.25) is 0 Å². The molecular weight excluding hydrogens is 327 g/mol. The number of thioether (sulfide) groups is 1. The molecule has 0 fully saturated rings. The van der Waals surface area contributed by atoms with Crippen molar-refractivity contribution in [1.82, 2.24) is 0 Å². The van der Waals surface area contributed by atoms with E-state index < -0.39 is 0 Å². The molecule has 0 spiro atoms. The van der Waals surface area contributed by atoms with Crippen LogP contribution in [0.3, 0.4) is 0 Å². The van der Waals surface area contributed by atoms with Gasteiger partial charge < -0.3 is 4.74 Å². The van der Waals surface area contributed by atoms with Gasteiger partial charge in [0, 0.05) is 10.5 Å². The summed E-state index contributed by atoms with van der Waals surface area (Å²) in [6.07, 6.45) is 1.49. The Hall–Kier alpha value is -1.42. The monoisotopic (exact) mass is 338 g/mol. The average Bonchev–Trinajstić information content (AvgIpc) is 2.50. The summed E-state index contributed by atoms with van der Waals surface area (Å²) < 4.78 is 5.05. The van der Waals surface area contributed by atoms with Crippen molar-refractivity contribution in [1.29, 1.82) is 0 Å². The maximum absolute atomic E-state index is 12.0. The predicted octanol–water partition coefficient (Wildman–Crippen LogP) is 5.49. The van der Waals surface area contributed by atoms with Gasteiger partial charge in [-0.1, -0.05) is 41.0 Å². The number of ether oxygens (including phenoxy) is 1. The Kier molecular flexibility index (Phi) is 5.74. The first-order valence-electron chi connectivity index (χ1n) is 6.07. The number of hydrogen-bond acceptors (Lipinski definition) is 3. The highest BCUT2D eigenvalue weighted by atomic mass is 35.5. The molecule has 0 unspecified atom stereocenters. The topological polar surface area (TPSA) is 26.3 Å². The number of ketones is 1. The van der Waals surface area contributed by atoms with Gasteiger partial charge in [-0.05, 0) is 47.9 Å². The van der Waals surface area contributed by atoms with E-state index in [4.69, 9.17) is 27.9 Å². The smallest absolute Gasteiger partial charge is 0.186 e. The Labute approximate surface area is 137 Å². The Balaban J connectivity index is 2.05. The van der Waals surface area contributed by atoms with Crippen LogP contribution in [0.25, 0.3) is 0 Å². The Bertz CT molecular complexity index is 646. The van der Waals surface area contributed by atoms with Gasteiger partial charge in [0.05, 0.1) is 17.2 Å². The van der Waals surface area contributed by atoms with Gasteiger partial charge in [0.1, 0.15) is 5.75 Å². The zero-order chi connectivity index (χ0) is 15.2. The number of hydrogen-bond donors (Lipinski definition) is 0. The van der Waals surface area contributed by atoms with Gasteiger partial charge in [0.15, 0.2) is 5.78 Å². The van der Waals surface area contributed by atoms with Gasteiger partial charge in [-0.3, -0.25) is 4.79 Å². The Morgan fingerprint density at radius 1 is 1.10 bits per heavy atom. The van der Waals surface area contributed by atoms with Gasteiger partial charge in [-0.2, -0.15) is 0 Å². The first-order chi connectivity index (χ1) is 10.1. The lowest BCUT2D eigenvalue weighted by Gasteiger charge is -2.02. The van der Waals surface area contributed by atoms with E-state index in [1.165, 1.54) is 17.8 Å². The molecule has 0 N–H and O–H groups in total. The van der Waals surface area contributed by atoms with Crippen molar-refractivity contribution >= 4 is 40.7 Å². The van der Waals surface area contributed by atoms with Crippen LogP contribution in [0.15, 0.2) is 58.8 Å². The van der Waals surface area contributed by atoms with Gasteiger partial charge in [-0.25, -0.2) is 0 Å². The van der Waals surface area contributed by atoms with Crippen LogP contribution >= 0.6 is 35.0 Å². The number of methoxy groups -OCH3 is 1. The van der Waals surface area contributed by atoms with Crippen molar-refractivity contribution in [2.45, 2.75) is 4.90 Å². The molecular formula is C16H12Cl2O2S. The molecule has 0 saturated heterocycles.